The largest absolute Gasteiger partial charge is 0.478 e. The zero-order valence-electron chi connectivity index (χ0n) is 9.86. The molecule has 0 saturated carbocycles. The van der Waals surface area contributed by atoms with Crippen molar-refractivity contribution in [1.29, 1.82) is 0 Å². The Hall–Kier alpha value is -1.88. The van der Waals surface area contributed by atoms with Crippen molar-refractivity contribution in [2.75, 3.05) is 5.32 Å². The molecule has 0 saturated heterocycles. The van der Waals surface area contributed by atoms with Crippen LogP contribution in [-0.2, 0) is 6.54 Å². The molecule has 2 aromatic carbocycles. The van der Waals surface area contributed by atoms with Crippen molar-refractivity contribution < 1.29 is 14.3 Å². The SMILES string of the molecule is O=C(O)c1c(F)cccc1NCc1ccccc1Br. The van der Waals surface area contributed by atoms with Crippen LogP contribution in [0.25, 0.3) is 0 Å². The van der Waals surface area contributed by atoms with Gasteiger partial charge in [0, 0.05) is 11.0 Å². The lowest BCUT2D eigenvalue weighted by Crippen LogP contribution is -2.08. The maximum absolute atomic E-state index is 13.5. The Balaban J connectivity index is 2.23. The number of hydrogen-bond donors (Lipinski definition) is 2. The number of nitrogens with one attached hydrogen (secondary N) is 1. The van der Waals surface area contributed by atoms with E-state index in [1.165, 1.54) is 6.07 Å². The Morgan fingerprint density at radius 3 is 2.63 bits per heavy atom. The Morgan fingerprint density at radius 1 is 1.21 bits per heavy atom. The van der Waals surface area contributed by atoms with Gasteiger partial charge in [-0.3, -0.25) is 0 Å². The van der Waals surface area contributed by atoms with Gasteiger partial charge in [0.05, 0.1) is 5.69 Å². The zero-order chi connectivity index (χ0) is 13.8. The summed E-state index contributed by atoms with van der Waals surface area (Å²) >= 11 is 3.40. The molecular formula is C14H11BrFNO2. The van der Waals surface area contributed by atoms with Crippen LogP contribution in [0.15, 0.2) is 46.9 Å². The summed E-state index contributed by atoms with van der Waals surface area (Å²) in [5.74, 6) is -2.03. The lowest BCUT2D eigenvalue weighted by atomic mass is 10.1. The first kappa shape index (κ1) is 13.5. The Kier molecular flexibility index (Phi) is 4.16. The summed E-state index contributed by atoms with van der Waals surface area (Å²) in [6.45, 7) is 0.408. The van der Waals surface area contributed by atoms with Gasteiger partial charge in [-0.1, -0.05) is 40.2 Å². The summed E-state index contributed by atoms with van der Waals surface area (Å²) in [6.07, 6.45) is 0. The summed E-state index contributed by atoms with van der Waals surface area (Å²) < 4.78 is 14.4. The highest BCUT2D eigenvalue weighted by Gasteiger charge is 2.15. The van der Waals surface area contributed by atoms with Gasteiger partial charge in [0.1, 0.15) is 11.4 Å². The molecule has 2 rings (SSSR count). The summed E-state index contributed by atoms with van der Waals surface area (Å²) in [4.78, 5) is 11.0. The zero-order valence-corrected chi connectivity index (χ0v) is 11.4. The van der Waals surface area contributed by atoms with E-state index in [0.717, 1.165) is 16.1 Å². The molecule has 0 aliphatic carbocycles. The van der Waals surface area contributed by atoms with Crippen LogP contribution in [-0.4, -0.2) is 11.1 Å². The third kappa shape index (κ3) is 3.12. The fourth-order valence-corrected chi connectivity index (χ4v) is 2.15. The molecule has 98 valence electrons. The molecule has 0 aliphatic heterocycles. The summed E-state index contributed by atoms with van der Waals surface area (Å²) in [5, 5.41) is 12.0. The second kappa shape index (κ2) is 5.84. The van der Waals surface area contributed by atoms with Crippen LogP contribution < -0.4 is 5.32 Å². The van der Waals surface area contributed by atoms with E-state index < -0.39 is 11.8 Å². The van der Waals surface area contributed by atoms with Crippen molar-refractivity contribution in [2.45, 2.75) is 6.54 Å². The number of carbonyl (C=O) groups is 1. The third-order valence-electron chi connectivity index (χ3n) is 2.65. The molecule has 3 nitrogen and oxygen atoms in total. The molecule has 2 N–H and O–H groups in total. The van der Waals surface area contributed by atoms with Gasteiger partial charge in [0.25, 0.3) is 0 Å². The summed E-state index contributed by atoms with van der Waals surface area (Å²) in [6, 6.07) is 11.7. The fraction of sp³-hybridized carbons (Fsp3) is 0.0714. The molecule has 0 radical (unpaired) electrons. The number of hydrogen-bond acceptors (Lipinski definition) is 2. The average molecular weight is 324 g/mol. The third-order valence-corrected chi connectivity index (χ3v) is 3.43. The van der Waals surface area contributed by atoms with Gasteiger partial charge < -0.3 is 10.4 Å². The normalized spacial score (nSPS) is 10.2. The number of halogens is 2. The molecule has 0 aromatic heterocycles. The van der Waals surface area contributed by atoms with Crippen LogP contribution in [0.2, 0.25) is 0 Å². The molecule has 0 amide bonds. The van der Waals surface area contributed by atoms with E-state index in [9.17, 15) is 9.18 Å². The van der Waals surface area contributed by atoms with E-state index in [2.05, 4.69) is 21.2 Å². The summed E-state index contributed by atoms with van der Waals surface area (Å²) in [7, 11) is 0. The minimum absolute atomic E-state index is 0.267. The average Bonchev–Trinajstić information content (AvgIpc) is 2.37. The van der Waals surface area contributed by atoms with Crippen LogP contribution in [0.4, 0.5) is 10.1 Å². The van der Waals surface area contributed by atoms with Crippen molar-refractivity contribution in [3.8, 4) is 0 Å². The highest BCUT2D eigenvalue weighted by atomic mass is 79.9. The first-order valence-electron chi connectivity index (χ1n) is 5.58. The van der Waals surface area contributed by atoms with E-state index in [1.54, 1.807) is 6.07 Å². The van der Waals surface area contributed by atoms with E-state index in [0.29, 0.717) is 6.54 Å². The van der Waals surface area contributed by atoms with E-state index in [-0.39, 0.29) is 11.3 Å². The number of carboxylic acids is 1. The molecule has 19 heavy (non-hydrogen) atoms. The monoisotopic (exact) mass is 323 g/mol. The molecule has 2 aromatic rings. The molecule has 0 spiro atoms. The van der Waals surface area contributed by atoms with Gasteiger partial charge in [0.2, 0.25) is 0 Å². The van der Waals surface area contributed by atoms with Crippen molar-refractivity contribution in [3.63, 3.8) is 0 Å². The molecule has 0 bridgehead atoms. The Bertz CT molecular complexity index is 616. The summed E-state index contributed by atoms with van der Waals surface area (Å²) in [5.41, 5.74) is 0.890. The quantitative estimate of drug-likeness (QED) is 0.897. The predicted molar refractivity (Wildman–Crippen MR) is 74.8 cm³/mol. The van der Waals surface area contributed by atoms with Gasteiger partial charge >= 0.3 is 5.97 Å². The van der Waals surface area contributed by atoms with Gasteiger partial charge in [-0.05, 0) is 23.8 Å². The second-order valence-electron chi connectivity index (χ2n) is 3.91. The van der Waals surface area contributed by atoms with E-state index >= 15 is 0 Å². The second-order valence-corrected chi connectivity index (χ2v) is 4.77. The number of carboxylic acid groups (broad SMARTS) is 1. The Morgan fingerprint density at radius 2 is 1.95 bits per heavy atom. The smallest absolute Gasteiger partial charge is 0.340 e. The fourth-order valence-electron chi connectivity index (χ4n) is 1.72. The minimum atomic E-state index is -1.28. The molecular weight excluding hydrogens is 313 g/mol. The van der Waals surface area contributed by atoms with Gasteiger partial charge in [-0.2, -0.15) is 0 Å². The molecule has 0 heterocycles. The molecule has 0 atom stereocenters. The number of anilines is 1. The first-order valence-corrected chi connectivity index (χ1v) is 6.38. The van der Waals surface area contributed by atoms with Gasteiger partial charge in [-0.15, -0.1) is 0 Å². The maximum atomic E-state index is 13.5. The topological polar surface area (TPSA) is 49.3 Å². The number of aromatic carboxylic acids is 1. The van der Waals surface area contributed by atoms with Crippen LogP contribution in [0.1, 0.15) is 15.9 Å². The minimum Gasteiger partial charge on any atom is -0.478 e. The predicted octanol–water partition coefficient (Wildman–Crippen LogP) is 3.90. The number of benzene rings is 2. The van der Waals surface area contributed by atoms with Crippen LogP contribution in [0.5, 0.6) is 0 Å². The standard InChI is InChI=1S/C14H11BrFNO2/c15-10-5-2-1-4-9(10)8-17-12-7-3-6-11(16)13(12)14(18)19/h1-7,17H,8H2,(H,18,19). The molecule has 0 unspecified atom stereocenters. The van der Waals surface area contributed by atoms with Crippen molar-refractivity contribution in [3.05, 3.63) is 63.9 Å². The van der Waals surface area contributed by atoms with Crippen LogP contribution >= 0.6 is 15.9 Å². The van der Waals surface area contributed by atoms with Gasteiger partial charge in [0.15, 0.2) is 0 Å². The highest BCUT2D eigenvalue weighted by Crippen LogP contribution is 2.22. The maximum Gasteiger partial charge on any atom is 0.340 e. The van der Waals surface area contributed by atoms with E-state index in [1.807, 2.05) is 24.3 Å². The lowest BCUT2D eigenvalue weighted by molar-refractivity contribution is 0.0693. The molecule has 5 heteroatoms. The highest BCUT2D eigenvalue weighted by molar-refractivity contribution is 9.10. The first-order chi connectivity index (χ1) is 9.09. The van der Waals surface area contributed by atoms with Gasteiger partial charge in [-0.25, -0.2) is 9.18 Å². The molecule has 0 fully saturated rings. The van der Waals surface area contributed by atoms with Crippen molar-refractivity contribution in [2.24, 2.45) is 0 Å². The van der Waals surface area contributed by atoms with E-state index in [4.69, 9.17) is 5.11 Å². The van der Waals surface area contributed by atoms with Crippen LogP contribution in [0, 0.1) is 5.82 Å². The van der Waals surface area contributed by atoms with Crippen molar-refractivity contribution in [1.82, 2.24) is 0 Å². The number of rotatable bonds is 4. The Labute approximate surface area is 118 Å². The molecule has 0 aliphatic rings. The van der Waals surface area contributed by atoms with Crippen LogP contribution in [0.3, 0.4) is 0 Å². The van der Waals surface area contributed by atoms with Crippen molar-refractivity contribution >= 4 is 27.6 Å². The lowest BCUT2D eigenvalue weighted by Gasteiger charge is -2.11.